The summed E-state index contributed by atoms with van der Waals surface area (Å²) in [6.07, 6.45) is 6.53. The third kappa shape index (κ3) is 2.77. The van der Waals surface area contributed by atoms with Gasteiger partial charge in [-0.15, -0.1) is 0 Å². The maximum absolute atomic E-state index is 12.4. The van der Waals surface area contributed by atoms with E-state index in [0.29, 0.717) is 25.7 Å². The number of aromatic nitrogens is 2. The first-order valence-electron chi connectivity index (χ1n) is 9.69. The molecule has 1 aromatic heterocycles. The Balaban J connectivity index is 1.21. The van der Waals surface area contributed by atoms with Crippen molar-refractivity contribution in [1.82, 2.24) is 15.3 Å². The number of hydrogen-bond acceptors (Lipinski definition) is 6. The summed E-state index contributed by atoms with van der Waals surface area (Å²) in [7, 11) is 0. The van der Waals surface area contributed by atoms with Crippen LogP contribution in [0.4, 0.5) is 5.82 Å². The van der Waals surface area contributed by atoms with Crippen LogP contribution in [0, 0.1) is 11.8 Å². The van der Waals surface area contributed by atoms with Gasteiger partial charge in [-0.25, -0.2) is 9.97 Å². The zero-order chi connectivity index (χ0) is 17.8. The molecule has 2 bridgehead atoms. The predicted octanol–water partition coefficient (Wildman–Crippen LogP) is 1.77. The van der Waals surface area contributed by atoms with Crippen LogP contribution in [-0.4, -0.2) is 40.2 Å². The van der Waals surface area contributed by atoms with E-state index in [-0.39, 0.29) is 23.0 Å². The molecule has 2 atom stereocenters. The van der Waals surface area contributed by atoms with Crippen LogP contribution in [0.3, 0.4) is 0 Å². The number of carbonyl (C=O) groups excluding carboxylic acids is 1. The van der Waals surface area contributed by atoms with Gasteiger partial charge in [0.2, 0.25) is 5.91 Å². The molecule has 7 nitrogen and oxygen atoms in total. The Kier molecular flexibility index (Phi) is 3.72. The summed E-state index contributed by atoms with van der Waals surface area (Å²) in [5.41, 5.74) is 1.74. The Morgan fingerprint density at radius 2 is 2.08 bits per heavy atom. The number of anilines is 1. The number of nitrogens with zero attached hydrogens (tertiary/aromatic N) is 2. The largest absolute Gasteiger partial charge is 0.371 e. The van der Waals surface area contributed by atoms with Gasteiger partial charge in [0.1, 0.15) is 12.1 Å². The van der Waals surface area contributed by atoms with Gasteiger partial charge in [0.05, 0.1) is 36.7 Å². The molecule has 6 rings (SSSR count). The fourth-order valence-corrected chi connectivity index (χ4v) is 4.57. The molecule has 7 heteroatoms. The molecule has 2 saturated heterocycles. The number of fused-ring (bicyclic) bond motifs is 4. The van der Waals surface area contributed by atoms with E-state index in [4.69, 9.17) is 9.47 Å². The monoisotopic (exact) mass is 358 g/mol. The molecule has 4 heterocycles. The Labute approximate surface area is 153 Å². The van der Waals surface area contributed by atoms with Crippen molar-refractivity contribution in [2.75, 3.05) is 18.5 Å². The number of nitrogens with one attached hydrogen (secondary N) is 2. The van der Waals surface area contributed by atoms with Crippen LogP contribution in [0.1, 0.15) is 50.3 Å². The van der Waals surface area contributed by atoms with Crippen molar-refractivity contribution < 1.29 is 14.3 Å². The average Bonchev–Trinajstić information content (AvgIpc) is 3.20. The summed E-state index contributed by atoms with van der Waals surface area (Å²) in [5.74, 6) is 1.86. The molecule has 1 amide bonds. The quantitative estimate of drug-likeness (QED) is 0.834. The van der Waals surface area contributed by atoms with Crippen LogP contribution >= 0.6 is 0 Å². The smallest absolute Gasteiger partial charge is 0.223 e. The SMILES string of the molecule is C[C@@H]1C[C@H]1C(=O)NC12CCC(CNc3ncnc4c3COC4)(CC1)OC2. The number of amides is 1. The molecule has 2 aliphatic carbocycles. The minimum atomic E-state index is -0.156. The molecule has 4 fully saturated rings. The van der Waals surface area contributed by atoms with Crippen LogP contribution < -0.4 is 10.6 Å². The second kappa shape index (κ2) is 5.89. The summed E-state index contributed by atoms with van der Waals surface area (Å²) in [6, 6.07) is 0. The number of carbonyl (C=O) groups is 1. The third-order valence-electron chi connectivity index (χ3n) is 6.71. The lowest BCUT2D eigenvalue weighted by Crippen LogP contribution is -2.64. The first-order chi connectivity index (χ1) is 12.6. The highest BCUT2D eigenvalue weighted by atomic mass is 16.5. The van der Waals surface area contributed by atoms with Crippen molar-refractivity contribution in [3.8, 4) is 0 Å². The number of ether oxygens (including phenoxy) is 2. The van der Waals surface area contributed by atoms with Gasteiger partial charge in [0.15, 0.2) is 0 Å². The van der Waals surface area contributed by atoms with Crippen molar-refractivity contribution in [3.63, 3.8) is 0 Å². The summed E-state index contributed by atoms with van der Waals surface area (Å²) < 4.78 is 11.8. The number of rotatable bonds is 5. The standard InChI is InChI=1S/C19H26N4O3/c1-12-6-13(12)17(24)23-18-2-4-19(5-3-18,26-10-18)9-20-16-14-7-25-8-15(14)21-11-22-16/h11-13H,2-10H2,1H3,(H,23,24)(H,20,21,22)/t12-,13-,18?,19?/m1/s1. The molecule has 2 saturated carbocycles. The lowest BCUT2D eigenvalue weighted by Gasteiger charge is -2.53. The van der Waals surface area contributed by atoms with Crippen molar-refractivity contribution in [3.05, 3.63) is 17.6 Å². The fourth-order valence-electron chi connectivity index (χ4n) is 4.57. The van der Waals surface area contributed by atoms with Gasteiger partial charge >= 0.3 is 0 Å². The van der Waals surface area contributed by atoms with E-state index in [1.54, 1.807) is 6.33 Å². The van der Waals surface area contributed by atoms with E-state index in [9.17, 15) is 4.79 Å². The molecule has 1 aromatic rings. The molecule has 26 heavy (non-hydrogen) atoms. The summed E-state index contributed by atoms with van der Waals surface area (Å²) >= 11 is 0. The molecule has 140 valence electrons. The highest BCUT2D eigenvalue weighted by molar-refractivity contribution is 5.82. The van der Waals surface area contributed by atoms with Gasteiger partial charge < -0.3 is 20.1 Å². The molecule has 0 spiro atoms. The van der Waals surface area contributed by atoms with Gasteiger partial charge in [0, 0.05) is 18.0 Å². The Morgan fingerprint density at radius 3 is 2.77 bits per heavy atom. The zero-order valence-corrected chi connectivity index (χ0v) is 15.2. The highest BCUT2D eigenvalue weighted by Gasteiger charge is 2.52. The van der Waals surface area contributed by atoms with Gasteiger partial charge in [0.25, 0.3) is 0 Å². The maximum atomic E-state index is 12.4. The predicted molar refractivity (Wildman–Crippen MR) is 94.3 cm³/mol. The van der Waals surface area contributed by atoms with Gasteiger partial charge in [-0.3, -0.25) is 4.79 Å². The molecular formula is C19H26N4O3. The summed E-state index contributed by atoms with van der Waals surface area (Å²) in [4.78, 5) is 21.0. The summed E-state index contributed by atoms with van der Waals surface area (Å²) in [5, 5.41) is 6.79. The van der Waals surface area contributed by atoms with Crippen molar-refractivity contribution in [2.24, 2.45) is 11.8 Å². The normalized spacial score (nSPS) is 37.3. The van der Waals surface area contributed by atoms with Gasteiger partial charge in [-0.05, 0) is 38.0 Å². The maximum Gasteiger partial charge on any atom is 0.223 e. The van der Waals surface area contributed by atoms with Crippen molar-refractivity contribution in [2.45, 2.75) is 63.4 Å². The highest BCUT2D eigenvalue weighted by Crippen LogP contribution is 2.45. The van der Waals surface area contributed by atoms with Crippen LogP contribution in [0.2, 0.25) is 0 Å². The third-order valence-corrected chi connectivity index (χ3v) is 6.71. The van der Waals surface area contributed by atoms with Crippen LogP contribution in [0.15, 0.2) is 6.33 Å². The molecule has 0 radical (unpaired) electrons. The van der Waals surface area contributed by atoms with E-state index in [1.165, 1.54) is 0 Å². The molecule has 0 unspecified atom stereocenters. The van der Waals surface area contributed by atoms with E-state index in [2.05, 4.69) is 27.5 Å². The zero-order valence-electron chi connectivity index (χ0n) is 15.2. The summed E-state index contributed by atoms with van der Waals surface area (Å²) in [6.45, 7) is 4.63. The number of hydrogen-bond donors (Lipinski definition) is 2. The second-order valence-corrected chi connectivity index (χ2v) is 8.55. The molecule has 3 aliphatic heterocycles. The van der Waals surface area contributed by atoms with Crippen molar-refractivity contribution in [1.29, 1.82) is 0 Å². The molecular weight excluding hydrogens is 332 g/mol. The molecule has 2 N–H and O–H groups in total. The minimum Gasteiger partial charge on any atom is -0.371 e. The topological polar surface area (TPSA) is 85.4 Å². The first kappa shape index (κ1) is 16.4. The van der Waals surface area contributed by atoms with Crippen LogP contribution in [-0.2, 0) is 27.5 Å². The van der Waals surface area contributed by atoms with Crippen LogP contribution in [0.25, 0.3) is 0 Å². The first-order valence-corrected chi connectivity index (χ1v) is 9.69. The Hall–Kier alpha value is -1.73. The van der Waals surface area contributed by atoms with Gasteiger partial charge in [-0.1, -0.05) is 6.92 Å². The lowest BCUT2D eigenvalue weighted by atomic mass is 9.71. The Bertz CT molecular complexity index is 713. The van der Waals surface area contributed by atoms with E-state index in [1.807, 2.05) is 0 Å². The minimum absolute atomic E-state index is 0.148. The van der Waals surface area contributed by atoms with Crippen molar-refractivity contribution >= 4 is 11.7 Å². The molecule has 0 aromatic carbocycles. The fraction of sp³-hybridized carbons (Fsp3) is 0.737. The average molecular weight is 358 g/mol. The van der Waals surface area contributed by atoms with E-state index in [0.717, 1.165) is 55.7 Å². The van der Waals surface area contributed by atoms with E-state index >= 15 is 0 Å². The molecule has 5 aliphatic rings. The second-order valence-electron chi connectivity index (χ2n) is 8.55. The van der Waals surface area contributed by atoms with Crippen LogP contribution in [0.5, 0.6) is 0 Å². The Morgan fingerprint density at radius 1 is 1.27 bits per heavy atom. The lowest BCUT2D eigenvalue weighted by molar-refractivity contribution is -0.161. The van der Waals surface area contributed by atoms with E-state index < -0.39 is 0 Å². The van der Waals surface area contributed by atoms with Gasteiger partial charge in [-0.2, -0.15) is 0 Å².